The van der Waals surface area contributed by atoms with Crippen molar-refractivity contribution in [3.8, 4) is 22.4 Å². The Hall–Kier alpha value is -1.65. The Morgan fingerprint density at radius 2 is 1.19 bits per heavy atom. The first-order chi connectivity index (χ1) is 10.4. The molecular weight excluding hydrogens is 296 g/mol. The van der Waals surface area contributed by atoms with Crippen LogP contribution in [0, 0.1) is 0 Å². The second-order valence-electron chi connectivity index (χ2n) is 3.89. The Morgan fingerprint density at radius 3 is 1.71 bits per heavy atom. The molecule has 0 radical (unpaired) electrons. The van der Waals surface area contributed by atoms with E-state index in [0.717, 1.165) is 16.8 Å². The van der Waals surface area contributed by atoms with E-state index in [9.17, 15) is 0 Å². The number of H-pyrrole nitrogens is 1. The van der Waals surface area contributed by atoms with E-state index < -0.39 is 0 Å². The molecule has 3 aromatic rings. The summed E-state index contributed by atoms with van der Waals surface area (Å²) in [5, 5.41) is 7.22. The van der Waals surface area contributed by atoms with E-state index in [0.29, 0.717) is 0 Å². The van der Waals surface area contributed by atoms with Crippen LogP contribution in [0.2, 0.25) is 0 Å². The Morgan fingerprint density at radius 1 is 0.714 bits per heavy atom. The highest BCUT2D eigenvalue weighted by Gasteiger charge is 2.08. The largest absolute Gasteiger partial charge is 0.277 e. The fourth-order valence-electron chi connectivity index (χ4n) is 1.95. The van der Waals surface area contributed by atoms with Crippen LogP contribution in [0.25, 0.3) is 22.4 Å². The van der Waals surface area contributed by atoms with E-state index in [-0.39, 0.29) is 0 Å². The van der Waals surface area contributed by atoms with Gasteiger partial charge in [-0.1, -0.05) is 60.7 Å². The highest BCUT2D eigenvalue weighted by molar-refractivity contribution is 7.79. The number of thiol groups is 2. The number of hydrogen-bond acceptors (Lipinski definition) is 3. The molecule has 0 amide bonds. The number of hydrogen-bond donors (Lipinski definition) is 3. The van der Waals surface area contributed by atoms with Gasteiger partial charge in [-0.2, -0.15) is 30.4 Å². The smallest absolute Gasteiger partial charge is 0.0728 e. The molecule has 0 atom stereocenters. The fourth-order valence-corrected chi connectivity index (χ4v) is 1.95. The lowest BCUT2D eigenvalue weighted by Crippen LogP contribution is -1.81. The predicted molar refractivity (Wildman–Crippen MR) is 99.3 cm³/mol. The average molecular weight is 316 g/mol. The number of aromatic nitrogens is 2. The van der Waals surface area contributed by atoms with Crippen molar-refractivity contribution in [1.29, 1.82) is 0 Å². The molecule has 0 aliphatic heterocycles. The van der Waals surface area contributed by atoms with E-state index in [1.54, 1.807) is 12.5 Å². The van der Waals surface area contributed by atoms with Gasteiger partial charge >= 0.3 is 0 Å². The zero-order valence-corrected chi connectivity index (χ0v) is 14.0. The highest BCUT2D eigenvalue weighted by Crippen LogP contribution is 2.29. The second kappa shape index (κ2) is 10.1. The monoisotopic (exact) mass is 316 g/mol. The lowest BCUT2D eigenvalue weighted by atomic mass is 10.0. The molecule has 0 saturated heterocycles. The average Bonchev–Trinajstić information content (AvgIpc) is 3.10. The van der Waals surface area contributed by atoms with E-state index in [1.807, 2.05) is 42.6 Å². The molecule has 1 aromatic heterocycles. The molecule has 21 heavy (non-hydrogen) atoms. The summed E-state index contributed by atoms with van der Waals surface area (Å²) in [7, 11) is 0. The van der Waals surface area contributed by atoms with Crippen LogP contribution in [0.5, 0.6) is 0 Å². The molecule has 4 heteroatoms. The van der Waals surface area contributed by atoms with Gasteiger partial charge in [0, 0.05) is 11.1 Å². The minimum absolute atomic E-state index is 1.07. The molecule has 3 rings (SSSR count). The van der Waals surface area contributed by atoms with Gasteiger partial charge in [-0.25, -0.2) is 0 Å². The lowest BCUT2D eigenvalue weighted by molar-refractivity contribution is 1.10. The quantitative estimate of drug-likeness (QED) is 0.580. The zero-order valence-electron chi connectivity index (χ0n) is 12.2. The number of rotatable bonds is 2. The Bertz CT molecular complexity index is 553. The first kappa shape index (κ1) is 17.4. The molecule has 0 unspecified atom stereocenters. The van der Waals surface area contributed by atoms with Gasteiger partial charge in [-0.3, -0.25) is 5.10 Å². The Labute approximate surface area is 137 Å². The van der Waals surface area contributed by atoms with Gasteiger partial charge < -0.3 is 0 Å². The van der Waals surface area contributed by atoms with Crippen LogP contribution in [0.15, 0.2) is 66.9 Å². The van der Waals surface area contributed by atoms with Gasteiger partial charge in [-0.15, -0.1) is 0 Å². The number of nitrogens with zero attached hydrogens (tertiary/aromatic N) is 1. The van der Waals surface area contributed by atoms with Crippen LogP contribution in [-0.4, -0.2) is 22.7 Å². The summed E-state index contributed by atoms with van der Waals surface area (Å²) >= 11 is 7.06. The third kappa shape index (κ3) is 4.69. The maximum atomic E-state index is 4.15. The molecular formula is C17H20N2S2. The normalized spacial score (nSPS) is 8.95. The molecule has 2 nitrogen and oxygen atoms in total. The van der Waals surface area contributed by atoms with Crippen LogP contribution in [0.4, 0.5) is 0 Å². The summed E-state index contributed by atoms with van der Waals surface area (Å²) < 4.78 is 0. The molecule has 1 N–H and O–H groups in total. The fraction of sp³-hybridized carbons (Fsp3) is 0.118. The van der Waals surface area contributed by atoms with Crippen LogP contribution in [0.1, 0.15) is 0 Å². The van der Waals surface area contributed by atoms with Crippen LogP contribution >= 0.6 is 25.3 Å². The lowest BCUT2D eigenvalue weighted by Gasteiger charge is -2.02. The standard InChI is InChI=1S/C15H12N2.2CH4S/c1-3-7-12(8-4-1)14-11-16-17-15(14)13-9-5-2-6-10-13;2*1-2/h1-11H,(H,16,17);2*2H,1H3. The van der Waals surface area contributed by atoms with E-state index in [4.69, 9.17) is 0 Å². The number of benzene rings is 2. The van der Waals surface area contributed by atoms with Crippen molar-refractivity contribution in [2.24, 2.45) is 0 Å². The van der Waals surface area contributed by atoms with Crippen molar-refractivity contribution in [3.05, 3.63) is 66.9 Å². The molecule has 0 spiro atoms. The Kier molecular flexibility index (Phi) is 8.40. The van der Waals surface area contributed by atoms with Gasteiger partial charge in [0.25, 0.3) is 0 Å². The van der Waals surface area contributed by atoms with Crippen LogP contribution in [-0.2, 0) is 0 Å². The number of nitrogens with one attached hydrogen (secondary N) is 1. The summed E-state index contributed by atoms with van der Waals surface area (Å²) in [6.07, 6.45) is 5.26. The van der Waals surface area contributed by atoms with Crippen molar-refractivity contribution in [2.45, 2.75) is 0 Å². The first-order valence-corrected chi connectivity index (χ1v) is 8.28. The summed E-state index contributed by atoms with van der Waals surface area (Å²) in [6.45, 7) is 0. The molecule has 0 aliphatic rings. The molecule has 0 saturated carbocycles. The molecule has 0 aliphatic carbocycles. The van der Waals surface area contributed by atoms with E-state index in [2.05, 4.69) is 59.7 Å². The maximum Gasteiger partial charge on any atom is 0.0728 e. The molecule has 2 aromatic carbocycles. The summed E-state index contributed by atoms with van der Waals surface area (Å²) in [4.78, 5) is 0. The van der Waals surface area contributed by atoms with Gasteiger partial charge in [0.15, 0.2) is 0 Å². The SMILES string of the molecule is CS.CS.c1ccc(-c2cn[nH]c2-c2ccccc2)cc1. The Balaban J connectivity index is 0.000000510. The van der Waals surface area contributed by atoms with Crippen molar-refractivity contribution in [2.75, 3.05) is 12.5 Å². The van der Waals surface area contributed by atoms with E-state index in [1.165, 1.54) is 5.56 Å². The number of aromatic amines is 1. The topological polar surface area (TPSA) is 28.7 Å². The molecule has 110 valence electrons. The van der Waals surface area contributed by atoms with Gasteiger partial charge in [0.1, 0.15) is 0 Å². The van der Waals surface area contributed by atoms with Crippen molar-refractivity contribution in [3.63, 3.8) is 0 Å². The highest BCUT2D eigenvalue weighted by atomic mass is 32.1. The zero-order chi connectivity index (χ0) is 15.5. The van der Waals surface area contributed by atoms with Gasteiger partial charge in [0.05, 0.1) is 11.9 Å². The van der Waals surface area contributed by atoms with E-state index >= 15 is 0 Å². The molecule has 0 bridgehead atoms. The summed E-state index contributed by atoms with van der Waals surface area (Å²) in [6, 6.07) is 20.5. The third-order valence-electron chi connectivity index (χ3n) is 2.79. The first-order valence-electron chi connectivity index (χ1n) is 6.49. The maximum absolute atomic E-state index is 4.15. The molecule has 1 heterocycles. The second-order valence-corrected chi connectivity index (χ2v) is 3.89. The van der Waals surface area contributed by atoms with Crippen LogP contribution in [0.3, 0.4) is 0 Å². The van der Waals surface area contributed by atoms with Crippen molar-refractivity contribution < 1.29 is 0 Å². The third-order valence-corrected chi connectivity index (χ3v) is 2.79. The van der Waals surface area contributed by atoms with Gasteiger partial charge in [-0.05, 0) is 18.1 Å². The predicted octanol–water partition coefficient (Wildman–Crippen LogP) is 4.84. The van der Waals surface area contributed by atoms with Crippen molar-refractivity contribution in [1.82, 2.24) is 10.2 Å². The minimum atomic E-state index is 1.07. The van der Waals surface area contributed by atoms with Gasteiger partial charge in [0.2, 0.25) is 0 Å². The van der Waals surface area contributed by atoms with Crippen LogP contribution < -0.4 is 0 Å². The minimum Gasteiger partial charge on any atom is -0.277 e. The van der Waals surface area contributed by atoms with Crippen molar-refractivity contribution >= 4 is 25.3 Å². The molecule has 0 fully saturated rings. The summed E-state index contributed by atoms with van der Waals surface area (Å²) in [5.41, 5.74) is 4.54. The summed E-state index contributed by atoms with van der Waals surface area (Å²) in [5.74, 6) is 0.